The summed E-state index contributed by atoms with van der Waals surface area (Å²) in [6, 6.07) is 1.73. The maximum atomic E-state index is 12.3. The van der Waals surface area contributed by atoms with E-state index < -0.39 is 10.0 Å². The highest BCUT2D eigenvalue weighted by Gasteiger charge is 2.22. The smallest absolute Gasteiger partial charge is 0.242 e. The minimum absolute atomic E-state index is 0.118. The van der Waals surface area contributed by atoms with Crippen molar-refractivity contribution in [2.75, 3.05) is 19.3 Å². The third kappa shape index (κ3) is 5.65. The Morgan fingerprint density at radius 1 is 1.38 bits per heavy atom. The lowest BCUT2D eigenvalue weighted by Crippen LogP contribution is -2.35. The van der Waals surface area contributed by atoms with Crippen LogP contribution < -0.4 is 10.0 Å². The van der Waals surface area contributed by atoms with Crippen molar-refractivity contribution < 1.29 is 8.42 Å². The Bertz CT molecular complexity index is 551. The molecule has 5 nitrogen and oxygen atoms in total. The summed E-state index contributed by atoms with van der Waals surface area (Å²) >= 11 is 1.64. The second-order valence-electron chi connectivity index (χ2n) is 5.74. The first-order chi connectivity index (χ1) is 9.72. The van der Waals surface area contributed by atoms with E-state index in [1.165, 1.54) is 0 Å². The molecule has 2 N–H and O–H groups in total. The fourth-order valence-corrected chi connectivity index (χ4v) is 3.33. The summed E-state index contributed by atoms with van der Waals surface area (Å²) in [5, 5.41) is 3.28. The van der Waals surface area contributed by atoms with E-state index in [4.69, 9.17) is 0 Å². The molecule has 1 heterocycles. The molecule has 0 aliphatic carbocycles. The molecule has 1 aromatic heterocycles. The molecule has 0 atom stereocenters. The zero-order valence-corrected chi connectivity index (χ0v) is 15.2. The van der Waals surface area contributed by atoms with Gasteiger partial charge in [-0.05, 0) is 39.1 Å². The molecule has 0 bridgehead atoms. The van der Waals surface area contributed by atoms with Crippen LogP contribution in [-0.4, -0.2) is 37.1 Å². The first-order valence-electron chi connectivity index (χ1n) is 7.12. The van der Waals surface area contributed by atoms with Crippen molar-refractivity contribution in [2.45, 2.75) is 43.4 Å². The Labute approximate surface area is 132 Å². The zero-order valence-electron chi connectivity index (χ0n) is 13.6. The normalized spacial score (nSPS) is 12.8. The van der Waals surface area contributed by atoms with Crippen LogP contribution in [0.2, 0.25) is 0 Å². The number of sulfonamides is 1. The van der Waals surface area contributed by atoms with E-state index in [0.29, 0.717) is 18.0 Å². The van der Waals surface area contributed by atoms with E-state index >= 15 is 0 Å². The van der Waals surface area contributed by atoms with E-state index in [9.17, 15) is 8.42 Å². The first kappa shape index (κ1) is 18.5. The fraction of sp³-hybridized carbons (Fsp3) is 0.714. The molecular weight excluding hydrogens is 306 g/mol. The molecule has 0 aliphatic rings. The van der Waals surface area contributed by atoms with Crippen LogP contribution in [0.1, 0.15) is 32.9 Å². The molecule has 0 aromatic carbocycles. The molecule has 0 saturated carbocycles. The topological polar surface area (TPSA) is 63.1 Å². The van der Waals surface area contributed by atoms with Crippen LogP contribution in [0.15, 0.2) is 17.2 Å². The minimum Gasteiger partial charge on any atom is -0.352 e. The summed E-state index contributed by atoms with van der Waals surface area (Å²) in [4.78, 5) is 0.329. The van der Waals surface area contributed by atoms with E-state index in [1.54, 1.807) is 24.0 Å². The Balaban J connectivity index is 2.77. The van der Waals surface area contributed by atoms with Gasteiger partial charge < -0.3 is 9.88 Å². The van der Waals surface area contributed by atoms with Gasteiger partial charge in [0.1, 0.15) is 0 Å². The maximum absolute atomic E-state index is 12.3. The van der Waals surface area contributed by atoms with Crippen LogP contribution >= 0.6 is 11.8 Å². The Morgan fingerprint density at radius 3 is 2.62 bits per heavy atom. The molecule has 1 aromatic rings. The average molecular weight is 334 g/mol. The SMILES string of the molecule is CCCNCc1cc(S(=O)(=O)NCC(C)(C)SC)cn1C. The van der Waals surface area contributed by atoms with Crippen molar-refractivity contribution in [2.24, 2.45) is 7.05 Å². The van der Waals surface area contributed by atoms with Crippen molar-refractivity contribution in [3.63, 3.8) is 0 Å². The van der Waals surface area contributed by atoms with E-state index in [-0.39, 0.29) is 4.75 Å². The molecule has 0 spiro atoms. The summed E-state index contributed by atoms with van der Waals surface area (Å²) in [6.45, 7) is 8.15. The molecule has 122 valence electrons. The van der Waals surface area contributed by atoms with Crippen molar-refractivity contribution in [1.82, 2.24) is 14.6 Å². The molecule has 0 fully saturated rings. The van der Waals surface area contributed by atoms with Crippen LogP contribution in [0.3, 0.4) is 0 Å². The summed E-state index contributed by atoms with van der Waals surface area (Å²) in [5.41, 5.74) is 0.966. The number of aryl methyl sites for hydroxylation is 1. The number of aromatic nitrogens is 1. The summed E-state index contributed by atoms with van der Waals surface area (Å²) in [7, 11) is -1.58. The zero-order chi connectivity index (χ0) is 16.1. The molecule has 7 heteroatoms. The van der Waals surface area contributed by atoms with Gasteiger partial charge in [-0.1, -0.05) is 6.92 Å². The number of rotatable bonds is 9. The lowest BCUT2D eigenvalue weighted by atomic mass is 10.2. The van der Waals surface area contributed by atoms with E-state index in [1.807, 2.05) is 31.7 Å². The molecular formula is C14H27N3O2S2. The Hall–Kier alpha value is -0.500. The second kappa shape index (κ2) is 7.67. The van der Waals surface area contributed by atoms with Gasteiger partial charge in [-0.3, -0.25) is 0 Å². The van der Waals surface area contributed by atoms with Gasteiger partial charge in [-0.25, -0.2) is 13.1 Å². The number of thioether (sulfide) groups is 1. The number of hydrogen-bond acceptors (Lipinski definition) is 4. The highest BCUT2D eigenvalue weighted by atomic mass is 32.2. The van der Waals surface area contributed by atoms with Crippen LogP contribution in [0.25, 0.3) is 0 Å². The molecule has 0 radical (unpaired) electrons. The number of nitrogens with zero attached hydrogens (tertiary/aromatic N) is 1. The summed E-state index contributed by atoms with van der Waals surface area (Å²) in [6.07, 6.45) is 4.70. The van der Waals surface area contributed by atoms with E-state index in [0.717, 1.165) is 18.7 Å². The first-order valence-corrected chi connectivity index (χ1v) is 9.83. The lowest BCUT2D eigenvalue weighted by molar-refractivity contribution is 0.570. The Morgan fingerprint density at radius 2 is 2.05 bits per heavy atom. The maximum Gasteiger partial charge on any atom is 0.242 e. The highest BCUT2D eigenvalue weighted by molar-refractivity contribution is 8.00. The van der Waals surface area contributed by atoms with Crippen molar-refractivity contribution in [3.05, 3.63) is 18.0 Å². The van der Waals surface area contributed by atoms with Gasteiger partial charge in [0.25, 0.3) is 0 Å². The molecule has 0 unspecified atom stereocenters. The predicted octanol–water partition coefficient (Wildman–Crippen LogP) is 1.94. The third-order valence-electron chi connectivity index (χ3n) is 3.37. The Kier molecular flexibility index (Phi) is 6.77. The van der Waals surface area contributed by atoms with Gasteiger partial charge in [0, 0.05) is 36.8 Å². The van der Waals surface area contributed by atoms with Gasteiger partial charge in [-0.15, -0.1) is 0 Å². The average Bonchev–Trinajstić information content (AvgIpc) is 2.80. The molecule has 1 rings (SSSR count). The van der Waals surface area contributed by atoms with Gasteiger partial charge in [0.2, 0.25) is 10.0 Å². The summed E-state index contributed by atoms with van der Waals surface area (Å²) in [5.74, 6) is 0. The van der Waals surface area contributed by atoms with Crippen LogP contribution in [0.5, 0.6) is 0 Å². The highest BCUT2D eigenvalue weighted by Crippen LogP contribution is 2.21. The third-order valence-corrected chi connectivity index (χ3v) is 5.98. The van der Waals surface area contributed by atoms with Gasteiger partial charge in [-0.2, -0.15) is 11.8 Å². The van der Waals surface area contributed by atoms with Crippen LogP contribution in [0.4, 0.5) is 0 Å². The lowest BCUT2D eigenvalue weighted by Gasteiger charge is -2.21. The molecule has 0 amide bonds. The largest absolute Gasteiger partial charge is 0.352 e. The minimum atomic E-state index is -3.45. The molecule has 21 heavy (non-hydrogen) atoms. The van der Waals surface area contributed by atoms with Crippen molar-refractivity contribution >= 4 is 21.8 Å². The monoisotopic (exact) mass is 333 g/mol. The van der Waals surface area contributed by atoms with Crippen molar-refractivity contribution in [3.8, 4) is 0 Å². The van der Waals surface area contributed by atoms with E-state index in [2.05, 4.69) is 17.0 Å². The molecule has 0 saturated heterocycles. The van der Waals surface area contributed by atoms with Crippen LogP contribution in [-0.2, 0) is 23.6 Å². The quantitative estimate of drug-likeness (QED) is 0.678. The van der Waals surface area contributed by atoms with Crippen LogP contribution in [0, 0.1) is 0 Å². The summed E-state index contributed by atoms with van der Waals surface area (Å²) < 4.78 is 29.1. The number of nitrogens with one attached hydrogen (secondary N) is 2. The van der Waals surface area contributed by atoms with Gasteiger partial charge in [0.05, 0.1) is 4.90 Å². The number of hydrogen-bond donors (Lipinski definition) is 2. The standard InChI is InChI=1S/C14H27N3O2S2/c1-6-7-15-9-12-8-13(10-17(12)4)21(18,19)16-11-14(2,3)20-5/h8,10,15-16H,6-7,9,11H2,1-5H3. The van der Waals surface area contributed by atoms with Crippen molar-refractivity contribution in [1.29, 1.82) is 0 Å². The fourth-order valence-electron chi connectivity index (χ4n) is 1.72. The predicted molar refractivity (Wildman–Crippen MR) is 90.2 cm³/mol. The molecule has 0 aliphatic heterocycles. The second-order valence-corrected chi connectivity index (χ2v) is 9.02. The van der Waals surface area contributed by atoms with Gasteiger partial charge >= 0.3 is 0 Å². The van der Waals surface area contributed by atoms with Gasteiger partial charge in [0.15, 0.2) is 0 Å².